The van der Waals surface area contributed by atoms with Crippen molar-refractivity contribution in [1.82, 2.24) is 10.3 Å². The van der Waals surface area contributed by atoms with Crippen LogP contribution in [0.3, 0.4) is 0 Å². The van der Waals surface area contributed by atoms with Crippen LogP contribution in [0, 0.1) is 11.8 Å². The number of carbonyl (C=O) groups excluding carboxylic acids is 1. The van der Waals surface area contributed by atoms with Gasteiger partial charge < -0.3 is 14.8 Å². The summed E-state index contributed by atoms with van der Waals surface area (Å²) in [6.07, 6.45) is 2.83. The van der Waals surface area contributed by atoms with E-state index >= 15 is 0 Å². The maximum Gasteiger partial charge on any atom is 0.407 e. The third kappa shape index (κ3) is 5.34. The van der Waals surface area contributed by atoms with Crippen molar-refractivity contribution in [3.8, 4) is 28.7 Å². The molecule has 0 atom stereocenters. The first kappa shape index (κ1) is 22.2. The molecule has 1 heterocycles. The van der Waals surface area contributed by atoms with Gasteiger partial charge in [-0.15, -0.1) is 0 Å². The molecule has 1 amide bonds. The average Bonchev–Trinajstić information content (AvgIpc) is 3.23. The molecule has 5 nitrogen and oxygen atoms in total. The molecular weight excluding hydrogens is 436 g/mol. The number of benzene rings is 3. The number of ether oxygens (including phenoxy) is 2. The van der Waals surface area contributed by atoms with Crippen molar-refractivity contribution < 1.29 is 14.3 Å². The minimum atomic E-state index is -0.487. The highest BCUT2D eigenvalue weighted by Gasteiger charge is 2.28. The fourth-order valence-electron chi connectivity index (χ4n) is 4.22. The van der Waals surface area contributed by atoms with Crippen LogP contribution in [-0.4, -0.2) is 24.2 Å². The molecule has 172 valence electrons. The molecule has 0 unspecified atom stereocenters. The number of hydrogen-bond acceptors (Lipinski definition) is 4. The van der Waals surface area contributed by atoms with Crippen LogP contribution < -0.4 is 10.1 Å². The van der Waals surface area contributed by atoms with Gasteiger partial charge in [0, 0.05) is 17.7 Å². The number of carbonyl (C=O) groups is 1. The van der Waals surface area contributed by atoms with Crippen LogP contribution in [0.1, 0.15) is 28.2 Å². The maximum absolute atomic E-state index is 12.3. The Morgan fingerprint density at radius 3 is 2.31 bits per heavy atom. The zero-order valence-corrected chi connectivity index (χ0v) is 19.1. The van der Waals surface area contributed by atoms with E-state index in [9.17, 15) is 4.79 Å². The quantitative estimate of drug-likeness (QED) is 0.383. The lowest BCUT2D eigenvalue weighted by atomic mass is 9.98. The van der Waals surface area contributed by atoms with Gasteiger partial charge in [0.05, 0.1) is 12.7 Å². The van der Waals surface area contributed by atoms with Crippen LogP contribution in [0.2, 0.25) is 0 Å². The third-order valence-electron chi connectivity index (χ3n) is 5.86. The second-order valence-corrected chi connectivity index (χ2v) is 8.16. The number of aromatic nitrogens is 1. The minimum Gasteiger partial charge on any atom is -0.487 e. The molecule has 0 radical (unpaired) electrons. The van der Waals surface area contributed by atoms with Gasteiger partial charge in [-0.25, -0.2) is 4.79 Å². The van der Waals surface area contributed by atoms with Crippen molar-refractivity contribution in [3.05, 3.63) is 120 Å². The van der Waals surface area contributed by atoms with Gasteiger partial charge >= 0.3 is 6.09 Å². The summed E-state index contributed by atoms with van der Waals surface area (Å²) in [7, 11) is 0. The average molecular weight is 461 g/mol. The van der Waals surface area contributed by atoms with Crippen molar-refractivity contribution in [3.63, 3.8) is 0 Å². The number of fused-ring (bicyclic) bond motifs is 3. The van der Waals surface area contributed by atoms with Crippen molar-refractivity contribution in [2.75, 3.05) is 13.2 Å². The van der Waals surface area contributed by atoms with Crippen LogP contribution in [0.25, 0.3) is 11.1 Å². The summed E-state index contributed by atoms with van der Waals surface area (Å²) in [5.74, 6) is 6.61. The van der Waals surface area contributed by atoms with E-state index in [1.54, 1.807) is 12.4 Å². The molecule has 3 aromatic carbocycles. The first-order chi connectivity index (χ1) is 17.3. The van der Waals surface area contributed by atoms with Crippen molar-refractivity contribution in [2.45, 2.75) is 12.5 Å². The minimum absolute atomic E-state index is 0.0314. The van der Waals surface area contributed by atoms with Crippen molar-refractivity contribution in [2.24, 2.45) is 0 Å². The number of pyridine rings is 1. The van der Waals surface area contributed by atoms with E-state index in [1.165, 1.54) is 22.3 Å². The predicted molar refractivity (Wildman–Crippen MR) is 135 cm³/mol. The number of hydrogen-bond donors (Lipinski definition) is 1. The molecule has 4 aromatic rings. The zero-order valence-electron chi connectivity index (χ0n) is 19.1. The number of rotatable bonds is 6. The molecule has 0 bridgehead atoms. The molecule has 5 rings (SSSR count). The number of nitrogens with zero attached hydrogens (tertiary/aromatic N) is 1. The standard InChI is InChI=1S/C30H24N2O3/c33-30(35-21-29-27-14-6-4-12-25(27)26-13-5-7-15-28(26)29)32-16-8-11-23-17-24(19-31-18-23)34-20-22-9-2-1-3-10-22/h1-7,9-10,12-15,17-19,29H,16,20-21H2,(H,32,33). The molecule has 1 N–H and O–H groups in total. The fourth-order valence-corrected chi connectivity index (χ4v) is 4.22. The van der Waals surface area contributed by atoms with Gasteiger partial charge in [-0.05, 0) is 33.9 Å². The number of nitrogens with one attached hydrogen (secondary N) is 1. The van der Waals surface area contributed by atoms with Gasteiger partial charge in [0.2, 0.25) is 0 Å². The van der Waals surface area contributed by atoms with E-state index in [4.69, 9.17) is 9.47 Å². The topological polar surface area (TPSA) is 60.5 Å². The molecule has 0 saturated heterocycles. The summed E-state index contributed by atoms with van der Waals surface area (Å²) < 4.78 is 11.3. The molecule has 1 aromatic heterocycles. The smallest absolute Gasteiger partial charge is 0.407 e. The highest BCUT2D eigenvalue weighted by Crippen LogP contribution is 2.44. The van der Waals surface area contributed by atoms with Gasteiger partial charge in [0.25, 0.3) is 0 Å². The largest absolute Gasteiger partial charge is 0.487 e. The predicted octanol–water partition coefficient (Wildman–Crippen LogP) is 5.55. The van der Waals surface area contributed by atoms with Gasteiger partial charge in [-0.2, -0.15) is 0 Å². The molecule has 1 aliphatic rings. The lowest BCUT2D eigenvalue weighted by molar-refractivity contribution is 0.144. The Kier molecular flexibility index (Phi) is 6.72. The van der Waals surface area contributed by atoms with Gasteiger partial charge in [0.1, 0.15) is 19.0 Å². The Labute approximate surface area is 204 Å². The summed E-state index contributed by atoms with van der Waals surface area (Å²) in [5, 5.41) is 2.70. The van der Waals surface area contributed by atoms with Gasteiger partial charge in [0.15, 0.2) is 0 Å². The SMILES string of the molecule is O=C(NCC#Cc1cncc(OCc2ccccc2)c1)OCC1c2ccccc2-c2ccccc21. The first-order valence-corrected chi connectivity index (χ1v) is 11.5. The Morgan fingerprint density at radius 2 is 1.57 bits per heavy atom. The van der Waals surface area contributed by atoms with E-state index in [1.807, 2.05) is 60.7 Å². The summed E-state index contributed by atoms with van der Waals surface area (Å²) in [6.45, 7) is 0.909. The fraction of sp³-hybridized carbons (Fsp3) is 0.133. The Bertz CT molecular complexity index is 1340. The lowest BCUT2D eigenvalue weighted by Gasteiger charge is -2.14. The summed E-state index contributed by atoms with van der Waals surface area (Å²) in [5.41, 5.74) is 6.56. The van der Waals surface area contributed by atoms with Crippen molar-refractivity contribution >= 4 is 6.09 Å². The monoisotopic (exact) mass is 460 g/mol. The number of alkyl carbamates (subject to hydrolysis) is 1. The molecule has 1 aliphatic carbocycles. The highest BCUT2D eigenvalue weighted by molar-refractivity contribution is 5.79. The van der Waals surface area contributed by atoms with E-state index in [2.05, 4.69) is 46.4 Å². The summed E-state index contributed by atoms with van der Waals surface area (Å²) in [6, 6.07) is 28.3. The summed E-state index contributed by atoms with van der Waals surface area (Å²) >= 11 is 0. The van der Waals surface area contributed by atoms with Crippen LogP contribution in [0.15, 0.2) is 97.3 Å². The van der Waals surface area contributed by atoms with Crippen molar-refractivity contribution in [1.29, 1.82) is 0 Å². The molecule has 0 aliphatic heterocycles. The molecule has 0 spiro atoms. The highest BCUT2D eigenvalue weighted by atomic mass is 16.5. The Hall–Kier alpha value is -4.56. The van der Waals surface area contributed by atoms with E-state index in [0.717, 1.165) is 5.56 Å². The van der Waals surface area contributed by atoms with Crippen LogP contribution in [0.4, 0.5) is 4.79 Å². The molecule has 0 fully saturated rings. The van der Waals surface area contributed by atoms with E-state index in [0.29, 0.717) is 17.9 Å². The normalized spacial score (nSPS) is 11.5. The van der Waals surface area contributed by atoms with E-state index < -0.39 is 6.09 Å². The summed E-state index contributed by atoms with van der Waals surface area (Å²) in [4.78, 5) is 16.5. The van der Waals surface area contributed by atoms with Crippen LogP contribution in [-0.2, 0) is 11.3 Å². The Balaban J connectivity index is 1.12. The second kappa shape index (κ2) is 10.6. The first-order valence-electron chi connectivity index (χ1n) is 11.5. The molecule has 35 heavy (non-hydrogen) atoms. The molecule has 5 heteroatoms. The van der Waals surface area contributed by atoms with Gasteiger partial charge in [-0.1, -0.05) is 90.7 Å². The molecular formula is C30H24N2O3. The van der Waals surface area contributed by atoms with Crippen LogP contribution in [0.5, 0.6) is 5.75 Å². The Morgan fingerprint density at radius 1 is 0.886 bits per heavy atom. The number of amides is 1. The third-order valence-corrected chi connectivity index (χ3v) is 5.86. The second-order valence-electron chi connectivity index (χ2n) is 8.16. The maximum atomic E-state index is 12.3. The van der Waals surface area contributed by atoms with Crippen LogP contribution >= 0.6 is 0 Å². The lowest BCUT2D eigenvalue weighted by Crippen LogP contribution is -2.26. The zero-order chi connectivity index (χ0) is 23.9. The van der Waals surface area contributed by atoms with Gasteiger partial charge in [-0.3, -0.25) is 4.98 Å². The molecule has 0 saturated carbocycles. The van der Waals surface area contributed by atoms with E-state index in [-0.39, 0.29) is 19.1 Å².